The molecule has 0 aliphatic rings. The summed E-state index contributed by atoms with van der Waals surface area (Å²) in [7, 11) is 1.36. The van der Waals surface area contributed by atoms with Crippen LogP contribution < -0.4 is 5.73 Å². The first-order chi connectivity index (χ1) is 13.1. The Kier molecular flexibility index (Phi) is 5.43. The maximum atomic E-state index is 11.6. The highest BCUT2D eigenvalue weighted by molar-refractivity contribution is 5.90. The van der Waals surface area contributed by atoms with Gasteiger partial charge in [0.2, 0.25) is 0 Å². The van der Waals surface area contributed by atoms with Gasteiger partial charge in [-0.1, -0.05) is 30.9 Å². The first-order valence-electron chi connectivity index (χ1n) is 8.38. The quantitative estimate of drug-likeness (QED) is 0.572. The molecule has 2 aromatic heterocycles. The average Bonchev–Trinajstić information content (AvgIpc) is 2.72. The van der Waals surface area contributed by atoms with Crippen molar-refractivity contribution in [2.24, 2.45) is 0 Å². The molecule has 6 heteroatoms. The number of nitrogens with zero attached hydrogens (tertiary/aromatic N) is 3. The SMILES string of the molecule is CCc1ncnc(-c2ccc(C(=O)OC)cc2)c1C#Cc1ccc(N)nc1. The lowest BCUT2D eigenvalue weighted by atomic mass is 10.0. The van der Waals surface area contributed by atoms with Gasteiger partial charge in [-0.2, -0.15) is 0 Å². The number of nitrogen functional groups attached to an aromatic ring is 1. The molecule has 0 fully saturated rings. The summed E-state index contributed by atoms with van der Waals surface area (Å²) in [5.74, 6) is 6.33. The van der Waals surface area contributed by atoms with Crippen LogP contribution in [0, 0.1) is 11.8 Å². The second kappa shape index (κ2) is 8.11. The zero-order valence-corrected chi connectivity index (χ0v) is 15.1. The van der Waals surface area contributed by atoms with E-state index in [1.165, 1.54) is 13.4 Å². The monoisotopic (exact) mass is 358 g/mol. The van der Waals surface area contributed by atoms with E-state index in [9.17, 15) is 4.79 Å². The Bertz CT molecular complexity index is 1020. The number of hydrogen-bond donors (Lipinski definition) is 1. The van der Waals surface area contributed by atoms with Crippen molar-refractivity contribution in [2.75, 3.05) is 12.8 Å². The molecule has 2 N–H and O–H groups in total. The smallest absolute Gasteiger partial charge is 0.337 e. The molecule has 6 nitrogen and oxygen atoms in total. The number of carbonyl (C=O) groups excluding carboxylic acids is 1. The molecular formula is C21H18N4O2. The first kappa shape index (κ1) is 18.1. The zero-order chi connectivity index (χ0) is 19.2. The number of anilines is 1. The van der Waals surface area contributed by atoms with Crippen molar-refractivity contribution in [3.63, 3.8) is 0 Å². The van der Waals surface area contributed by atoms with E-state index in [1.54, 1.807) is 24.4 Å². The van der Waals surface area contributed by atoms with Crippen LogP contribution in [0.25, 0.3) is 11.3 Å². The van der Waals surface area contributed by atoms with Gasteiger partial charge in [0.1, 0.15) is 12.1 Å². The number of nitrogens with two attached hydrogens (primary N) is 1. The Balaban J connectivity index is 2.04. The molecule has 1 aromatic carbocycles. The molecule has 0 aliphatic heterocycles. The molecule has 3 rings (SSSR count). The fourth-order valence-corrected chi connectivity index (χ4v) is 2.54. The lowest BCUT2D eigenvalue weighted by Crippen LogP contribution is -2.02. The van der Waals surface area contributed by atoms with Crippen LogP contribution in [0.15, 0.2) is 48.9 Å². The molecule has 0 bridgehead atoms. The van der Waals surface area contributed by atoms with Crippen LogP contribution >= 0.6 is 0 Å². The molecule has 0 amide bonds. The van der Waals surface area contributed by atoms with Crippen LogP contribution in [0.4, 0.5) is 5.82 Å². The van der Waals surface area contributed by atoms with Crippen molar-refractivity contribution in [3.8, 4) is 23.1 Å². The summed E-state index contributed by atoms with van der Waals surface area (Å²) >= 11 is 0. The Labute approximate surface area is 157 Å². The molecular weight excluding hydrogens is 340 g/mol. The Morgan fingerprint density at radius 3 is 2.48 bits per heavy atom. The highest BCUT2D eigenvalue weighted by atomic mass is 16.5. The maximum absolute atomic E-state index is 11.6. The van der Waals surface area contributed by atoms with Gasteiger partial charge in [0, 0.05) is 17.3 Å². The molecule has 0 spiro atoms. The van der Waals surface area contributed by atoms with E-state index >= 15 is 0 Å². The molecule has 2 heterocycles. The van der Waals surface area contributed by atoms with Crippen LogP contribution in [0.1, 0.15) is 34.1 Å². The van der Waals surface area contributed by atoms with E-state index in [2.05, 4.69) is 26.8 Å². The van der Waals surface area contributed by atoms with Crippen molar-refractivity contribution < 1.29 is 9.53 Å². The van der Waals surface area contributed by atoms with Gasteiger partial charge in [0.05, 0.1) is 29.6 Å². The summed E-state index contributed by atoms with van der Waals surface area (Å²) in [6, 6.07) is 10.6. The summed E-state index contributed by atoms with van der Waals surface area (Å²) in [5.41, 5.74) is 10.0. The third-order valence-corrected chi connectivity index (χ3v) is 3.96. The second-order valence-electron chi connectivity index (χ2n) is 5.69. The number of esters is 1. The molecule has 3 aromatic rings. The minimum Gasteiger partial charge on any atom is -0.465 e. The largest absolute Gasteiger partial charge is 0.465 e. The van der Waals surface area contributed by atoms with E-state index in [0.717, 1.165) is 28.8 Å². The molecule has 0 atom stereocenters. The number of benzene rings is 1. The average molecular weight is 358 g/mol. The van der Waals surface area contributed by atoms with Crippen LogP contribution in [0.5, 0.6) is 0 Å². The van der Waals surface area contributed by atoms with Gasteiger partial charge < -0.3 is 10.5 Å². The molecule has 0 unspecified atom stereocenters. The van der Waals surface area contributed by atoms with Crippen LogP contribution in [-0.2, 0) is 11.2 Å². The standard InChI is InChI=1S/C21H18N4O2/c1-3-18-17(10-4-14-5-11-19(22)23-12-14)20(25-13-24-18)15-6-8-16(9-7-15)21(26)27-2/h5-9,11-13H,3H2,1-2H3,(H2,22,23). The summed E-state index contributed by atoms with van der Waals surface area (Å²) in [6.45, 7) is 2.02. The van der Waals surface area contributed by atoms with Gasteiger partial charge in [-0.15, -0.1) is 0 Å². The predicted molar refractivity (Wildman–Crippen MR) is 103 cm³/mol. The second-order valence-corrected chi connectivity index (χ2v) is 5.69. The van der Waals surface area contributed by atoms with Gasteiger partial charge in [0.25, 0.3) is 0 Å². The Hall–Kier alpha value is -3.72. The van der Waals surface area contributed by atoms with Crippen LogP contribution in [0.3, 0.4) is 0 Å². The van der Waals surface area contributed by atoms with E-state index in [-0.39, 0.29) is 5.97 Å². The lowest BCUT2D eigenvalue weighted by molar-refractivity contribution is 0.0601. The third-order valence-electron chi connectivity index (χ3n) is 3.96. The number of carbonyl (C=O) groups is 1. The number of rotatable bonds is 3. The summed E-state index contributed by atoms with van der Waals surface area (Å²) in [4.78, 5) is 24.4. The number of hydrogen-bond acceptors (Lipinski definition) is 6. The van der Waals surface area contributed by atoms with Crippen LogP contribution in [0.2, 0.25) is 0 Å². The summed E-state index contributed by atoms with van der Waals surface area (Å²) in [5, 5.41) is 0. The Morgan fingerprint density at radius 2 is 1.85 bits per heavy atom. The molecule has 27 heavy (non-hydrogen) atoms. The number of aromatic nitrogens is 3. The fraction of sp³-hybridized carbons (Fsp3) is 0.143. The fourth-order valence-electron chi connectivity index (χ4n) is 2.54. The Morgan fingerprint density at radius 1 is 1.07 bits per heavy atom. The predicted octanol–water partition coefficient (Wildman–Crippen LogP) is 2.87. The van der Waals surface area contributed by atoms with E-state index in [4.69, 9.17) is 10.5 Å². The number of ether oxygens (including phenoxy) is 1. The summed E-state index contributed by atoms with van der Waals surface area (Å²) in [6.07, 6.45) is 3.88. The van der Waals surface area contributed by atoms with Gasteiger partial charge in [-0.05, 0) is 30.7 Å². The van der Waals surface area contributed by atoms with Crippen molar-refractivity contribution in [3.05, 3.63) is 71.3 Å². The minimum absolute atomic E-state index is 0.380. The zero-order valence-electron chi connectivity index (χ0n) is 15.1. The lowest BCUT2D eigenvalue weighted by Gasteiger charge is -2.08. The number of aryl methyl sites for hydroxylation is 1. The van der Waals surface area contributed by atoms with E-state index in [1.807, 2.05) is 25.1 Å². The van der Waals surface area contributed by atoms with Crippen LogP contribution in [-0.4, -0.2) is 28.0 Å². The van der Waals surface area contributed by atoms with Crippen molar-refractivity contribution in [1.29, 1.82) is 0 Å². The first-order valence-corrected chi connectivity index (χ1v) is 8.38. The molecule has 0 saturated carbocycles. The number of pyridine rings is 1. The maximum Gasteiger partial charge on any atom is 0.337 e. The highest BCUT2D eigenvalue weighted by Crippen LogP contribution is 2.23. The molecule has 0 saturated heterocycles. The van der Waals surface area contributed by atoms with Gasteiger partial charge in [-0.25, -0.2) is 19.7 Å². The van der Waals surface area contributed by atoms with Crippen molar-refractivity contribution in [1.82, 2.24) is 15.0 Å². The molecule has 0 aliphatic carbocycles. The number of methoxy groups -OCH3 is 1. The van der Waals surface area contributed by atoms with E-state index in [0.29, 0.717) is 17.1 Å². The third kappa shape index (κ3) is 4.10. The van der Waals surface area contributed by atoms with Crippen molar-refractivity contribution in [2.45, 2.75) is 13.3 Å². The van der Waals surface area contributed by atoms with Gasteiger partial charge in [-0.3, -0.25) is 0 Å². The summed E-state index contributed by atoms with van der Waals surface area (Å²) < 4.78 is 4.74. The molecule has 134 valence electrons. The molecule has 0 radical (unpaired) electrons. The normalized spacial score (nSPS) is 10.0. The topological polar surface area (TPSA) is 91.0 Å². The van der Waals surface area contributed by atoms with E-state index < -0.39 is 0 Å². The van der Waals surface area contributed by atoms with Gasteiger partial charge >= 0.3 is 5.97 Å². The van der Waals surface area contributed by atoms with Crippen molar-refractivity contribution >= 4 is 11.8 Å². The minimum atomic E-state index is -0.380. The highest BCUT2D eigenvalue weighted by Gasteiger charge is 2.12. The van der Waals surface area contributed by atoms with Gasteiger partial charge in [0.15, 0.2) is 0 Å².